The molecule has 0 aromatic heterocycles. The lowest BCUT2D eigenvalue weighted by Gasteiger charge is -2.60. The number of carbonyl (C=O) groups excluding carboxylic acids is 2. The number of benzene rings is 1. The zero-order valence-electron chi connectivity index (χ0n) is 16.3. The molecule has 0 heterocycles. The van der Waals surface area contributed by atoms with E-state index in [0.29, 0.717) is 18.3 Å². The van der Waals surface area contributed by atoms with E-state index in [1.54, 1.807) is 0 Å². The molecule has 9 heteroatoms. The summed E-state index contributed by atoms with van der Waals surface area (Å²) in [5.41, 5.74) is 0.253. The zero-order chi connectivity index (χ0) is 21.6. The quantitative estimate of drug-likeness (QED) is 0.441. The van der Waals surface area contributed by atoms with Crippen molar-refractivity contribution in [2.24, 2.45) is 17.3 Å². The summed E-state index contributed by atoms with van der Waals surface area (Å²) in [6.45, 7) is -0.429. The smallest absolute Gasteiger partial charge is 0.456 e. The predicted octanol–water partition coefficient (Wildman–Crippen LogP) is 5.19. The number of halogens is 4. The van der Waals surface area contributed by atoms with Crippen molar-refractivity contribution >= 4 is 33.5 Å². The van der Waals surface area contributed by atoms with E-state index in [1.165, 1.54) is 31.4 Å². The van der Waals surface area contributed by atoms with Crippen molar-refractivity contribution in [3.63, 3.8) is 0 Å². The fourth-order valence-corrected chi connectivity index (χ4v) is 7.49. The summed E-state index contributed by atoms with van der Waals surface area (Å²) < 4.78 is 45.7. The summed E-state index contributed by atoms with van der Waals surface area (Å²) in [5.74, 6) is 0.0107. The van der Waals surface area contributed by atoms with Gasteiger partial charge in [-0.05, 0) is 80.0 Å². The summed E-state index contributed by atoms with van der Waals surface area (Å²) in [6.07, 6.45) is 2.22. The van der Waals surface area contributed by atoms with Gasteiger partial charge in [-0.3, -0.25) is 9.59 Å². The molecule has 164 valence electrons. The fourth-order valence-electron chi connectivity index (χ4n) is 5.98. The van der Waals surface area contributed by atoms with Crippen molar-refractivity contribution in [2.75, 3.05) is 11.9 Å². The molecule has 0 aliphatic heterocycles. The molecule has 0 unspecified atom stereocenters. The molecule has 1 N–H and O–H groups in total. The Morgan fingerprint density at radius 2 is 1.73 bits per heavy atom. The SMILES string of the molecule is O=C(COC(=O)CC12C[C@H]3C[C@@H](CC(Br)(C3)C1)C2)Nc1ccc(OC(F)(F)F)cc1. The number of carbonyl (C=O) groups is 2. The highest BCUT2D eigenvalue weighted by Gasteiger charge is 2.57. The monoisotopic (exact) mass is 489 g/mol. The minimum absolute atomic E-state index is 0.0323. The molecule has 4 saturated carbocycles. The minimum atomic E-state index is -4.77. The minimum Gasteiger partial charge on any atom is -0.456 e. The Kier molecular flexibility index (Phi) is 5.53. The molecule has 0 saturated heterocycles. The maximum absolute atomic E-state index is 12.4. The third-order valence-corrected chi connectivity index (χ3v) is 7.29. The Bertz CT molecular complexity index is 813. The van der Waals surface area contributed by atoms with Gasteiger partial charge in [0.2, 0.25) is 0 Å². The van der Waals surface area contributed by atoms with Crippen molar-refractivity contribution in [1.29, 1.82) is 0 Å². The molecular weight excluding hydrogens is 467 g/mol. The number of amides is 1. The second-order valence-corrected chi connectivity index (χ2v) is 10.8. The second-order valence-electron chi connectivity index (χ2n) is 9.07. The van der Waals surface area contributed by atoms with Gasteiger partial charge in [-0.25, -0.2) is 0 Å². The molecule has 4 fully saturated rings. The van der Waals surface area contributed by atoms with Crippen LogP contribution in [0.1, 0.15) is 44.9 Å². The Balaban J connectivity index is 1.25. The van der Waals surface area contributed by atoms with E-state index in [-0.39, 0.29) is 27.1 Å². The van der Waals surface area contributed by atoms with Crippen LogP contribution in [0, 0.1) is 17.3 Å². The Hall–Kier alpha value is -1.77. The van der Waals surface area contributed by atoms with Gasteiger partial charge in [-0.1, -0.05) is 15.9 Å². The van der Waals surface area contributed by atoms with Crippen molar-refractivity contribution in [2.45, 2.75) is 55.6 Å². The van der Waals surface area contributed by atoms with Gasteiger partial charge in [-0.2, -0.15) is 0 Å². The molecule has 2 atom stereocenters. The average Bonchev–Trinajstić information content (AvgIpc) is 2.58. The third kappa shape index (κ3) is 5.10. The molecule has 0 spiro atoms. The number of esters is 1. The highest BCUT2D eigenvalue weighted by molar-refractivity contribution is 9.10. The van der Waals surface area contributed by atoms with Crippen LogP contribution in [-0.2, 0) is 14.3 Å². The van der Waals surface area contributed by atoms with Gasteiger partial charge in [0.25, 0.3) is 5.91 Å². The number of anilines is 1. The van der Waals surface area contributed by atoms with E-state index in [0.717, 1.165) is 31.4 Å². The number of hydrogen-bond acceptors (Lipinski definition) is 4. The van der Waals surface area contributed by atoms with Crippen molar-refractivity contribution < 1.29 is 32.2 Å². The molecule has 5 rings (SSSR count). The standard InChI is InChI=1S/C21H23BrF3NO4/c22-20-8-13-5-14(9-20)7-19(6-13,12-20)10-18(28)29-11-17(27)26-15-1-3-16(4-2-15)30-21(23,24)25/h1-4,13-14H,5-12H2,(H,26,27)/t13-,14-,19?,20?/m1/s1. The number of alkyl halides is 4. The summed E-state index contributed by atoms with van der Waals surface area (Å²) in [5, 5.41) is 2.49. The summed E-state index contributed by atoms with van der Waals surface area (Å²) in [7, 11) is 0. The lowest BCUT2D eigenvalue weighted by Crippen LogP contribution is -2.53. The van der Waals surface area contributed by atoms with E-state index in [9.17, 15) is 22.8 Å². The maximum Gasteiger partial charge on any atom is 0.573 e. The lowest BCUT2D eigenvalue weighted by atomic mass is 9.49. The number of hydrogen-bond donors (Lipinski definition) is 1. The van der Waals surface area contributed by atoms with Crippen LogP contribution in [-0.4, -0.2) is 29.2 Å². The molecule has 30 heavy (non-hydrogen) atoms. The lowest BCUT2D eigenvalue weighted by molar-refractivity contribution is -0.274. The van der Waals surface area contributed by atoms with Gasteiger partial charge in [-0.15, -0.1) is 13.2 Å². The Morgan fingerprint density at radius 1 is 1.10 bits per heavy atom. The molecule has 4 bridgehead atoms. The summed E-state index contributed by atoms with van der Waals surface area (Å²) in [6, 6.07) is 4.76. The third-order valence-electron chi connectivity index (χ3n) is 6.37. The first-order valence-corrected chi connectivity index (χ1v) is 10.8. The van der Waals surface area contributed by atoms with Gasteiger partial charge >= 0.3 is 12.3 Å². The van der Waals surface area contributed by atoms with Crippen LogP contribution in [0.5, 0.6) is 5.75 Å². The molecule has 4 aliphatic rings. The summed E-state index contributed by atoms with van der Waals surface area (Å²) in [4.78, 5) is 24.5. The highest BCUT2D eigenvalue weighted by atomic mass is 79.9. The molecule has 1 aromatic carbocycles. The van der Waals surface area contributed by atoms with Crippen LogP contribution >= 0.6 is 15.9 Å². The van der Waals surface area contributed by atoms with E-state index in [2.05, 4.69) is 26.0 Å². The van der Waals surface area contributed by atoms with Gasteiger partial charge in [0.05, 0.1) is 6.42 Å². The van der Waals surface area contributed by atoms with Crippen LogP contribution < -0.4 is 10.1 Å². The normalized spacial score (nSPS) is 32.0. The van der Waals surface area contributed by atoms with Crippen molar-refractivity contribution in [3.05, 3.63) is 24.3 Å². The van der Waals surface area contributed by atoms with Gasteiger partial charge < -0.3 is 14.8 Å². The zero-order valence-corrected chi connectivity index (χ0v) is 17.9. The first kappa shape index (κ1) is 21.5. The average molecular weight is 490 g/mol. The van der Waals surface area contributed by atoms with E-state index in [1.807, 2.05) is 0 Å². The topological polar surface area (TPSA) is 64.6 Å². The molecule has 1 amide bonds. The van der Waals surface area contributed by atoms with Gasteiger partial charge in [0, 0.05) is 10.0 Å². The van der Waals surface area contributed by atoms with Crippen molar-refractivity contribution in [1.82, 2.24) is 0 Å². The number of ether oxygens (including phenoxy) is 2. The molecule has 1 aromatic rings. The van der Waals surface area contributed by atoms with Gasteiger partial charge in [0.1, 0.15) is 5.75 Å². The second kappa shape index (κ2) is 7.73. The van der Waals surface area contributed by atoms with Crippen LogP contribution in [0.15, 0.2) is 24.3 Å². The number of nitrogens with one attached hydrogen (secondary N) is 1. The Labute approximate surface area is 180 Å². The van der Waals surface area contributed by atoms with E-state index < -0.39 is 18.9 Å². The van der Waals surface area contributed by atoms with E-state index >= 15 is 0 Å². The molecular formula is C21H23BrF3NO4. The first-order valence-electron chi connectivity index (χ1n) is 10.0. The number of rotatable bonds is 6. The highest BCUT2D eigenvalue weighted by Crippen LogP contribution is 2.65. The van der Waals surface area contributed by atoms with Gasteiger partial charge in [0.15, 0.2) is 6.61 Å². The largest absolute Gasteiger partial charge is 0.573 e. The van der Waals surface area contributed by atoms with Crippen LogP contribution in [0.3, 0.4) is 0 Å². The van der Waals surface area contributed by atoms with Crippen molar-refractivity contribution in [3.8, 4) is 5.75 Å². The fraction of sp³-hybridized carbons (Fsp3) is 0.619. The Morgan fingerprint density at radius 3 is 2.30 bits per heavy atom. The molecule has 4 aliphatic carbocycles. The first-order chi connectivity index (χ1) is 14.0. The van der Waals surface area contributed by atoms with Crippen LogP contribution in [0.2, 0.25) is 0 Å². The molecule has 5 nitrogen and oxygen atoms in total. The summed E-state index contributed by atoms with van der Waals surface area (Å²) >= 11 is 3.92. The van der Waals surface area contributed by atoms with Crippen LogP contribution in [0.25, 0.3) is 0 Å². The van der Waals surface area contributed by atoms with E-state index in [4.69, 9.17) is 4.74 Å². The van der Waals surface area contributed by atoms with Crippen LogP contribution in [0.4, 0.5) is 18.9 Å². The molecule has 0 radical (unpaired) electrons. The predicted molar refractivity (Wildman–Crippen MR) is 106 cm³/mol. The maximum atomic E-state index is 12.4.